The number of ether oxygens (including phenoxy) is 2. The smallest absolute Gasteiger partial charge is 0.425 e. The van der Waals surface area contributed by atoms with E-state index in [1.807, 2.05) is 0 Å². The number of halogens is 5. The summed E-state index contributed by atoms with van der Waals surface area (Å²) in [7, 11) is -3.79. The van der Waals surface area contributed by atoms with Crippen molar-refractivity contribution in [3.63, 3.8) is 0 Å². The largest absolute Gasteiger partial charge is 0.484 e. The molecule has 0 saturated carbocycles. The first-order valence-electron chi connectivity index (χ1n) is 12.2. The summed E-state index contributed by atoms with van der Waals surface area (Å²) < 4.78 is 103. The molecular formula is C23H31F5N2O7S. The molecule has 3 rings (SSSR count). The number of hydrogen-bond donors (Lipinski definition) is 2. The van der Waals surface area contributed by atoms with Crippen LogP contribution in [0.25, 0.3) is 0 Å². The minimum atomic E-state index is -4.68. The zero-order chi connectivity index (χ0) is 28.3. The van der Waals surface area contributed by atoms with E-state index >= 15 is 0 Å². The molecule has 2 saturated heterocycles. The Labute approximate surface area is 217 Å². The van der Waals surface area contributed by atoms with Gasteiger partial charge in [0.25, 0.3) is 0 Å². The fourth-order valence-corrected chi connectivity index (χ4v) is 5.98. The number of carbonyl (C=O) groups is 1. The molecule has 2 heterocycles. The highest BCUT2D eigenvalue weighted by molar-refractivity contribution is 7.89. The number of aliphatic hydroxyl groups is 2. The first kappa shape index (κ1) is 30.3. The fourth-order valence-electron chi connectivity index (χ4n) is 4.41. The SMILES string of the molecule is CC(OC(=O)N1CCC(Oc2c(F)cc(C3CCN(S(=O)(=O)CC(O)CO)CC3)cc2F)CC1)C(F)(F)F. The van der Waals surface area contributed by atoms with Gasteiger partial charge in [0.1, 0.15) is 6.10 Å². The van der Waals surface area contributed by atoms with Gasteiger partial charge in [0.2, 0.25) is 10.0 Å². The number of aliphatic hydroxyl groups excluding tert-OH is 2. The van der Waals surface area contributed by atoms with Crippen molar-refractivity contribution in [2.45, 2.75) is 63.0 Å². The van der Waals surface area contributed by atoms with Crippen LogP contribution in [0.1, 0.15) is 44.1 Å². The Morgan fingerprint density at radius 3 is 2.13 bits per heavy atom. The number of benzene rings is 1. The number of likely N-dealkylation sites (tertiary alicyclic amines) is 1. The lowest BCUT2D eigenvalue weighted by atomic mass is 9.90. The maximum absolute atomic E-state index is 14.8. The van der Waals surface area contributed by atoms with Crippen LogP contribution in [-0.2, 0) is 14.8 Å². The number of carbonyl (C=O) groups excluding carboxylic acids is 1. The van der Waals surface area contributed by atoms with Gasteiger partial charge in [0, 0.05) is 39.0 Å². The van der Waals surface area contributed by atoms with Crippen LogP contribution in [0.4, 0.5) is 26.7 Å². The van der Waals surface area contributed by atoms with Crippen molar-refractivity contribution < 1.29 is 54.9 Å². The molecule has 38 heavy (non-hydrogen) atoms. The summed E-state index contributed by atoms with van der Waals surface area (Å²) in [4.78, 5) is 13.0. The molecule has 2 atom stereocenters. The third-order valence-electron chi connectivity index (χ3n) is 6.68. The van der Waals surface area contributed by atoms with Gasteiger partial charge < -0.3 is 24.6 Å². The van der Waals surface area contributed by atoms with Crippen molar-refractivity contribution >= 4 is 16.1 Å². The van der Waals surface area contributed by atoms with Gasteiger partial charge in [-0.3, -0.25) is 0 Å². The molecule has 15 heteroatoms. The molecule has 2 unspecified atom stereocenters. The summed E-state index contributed by atoms with van der Waals surface area (Å²) in [6.45, 7) is 0.206. The lowest BCUT2D eigenvalue weighted by Gasteiger charge is -2.33. The summed E-state index contributed by atoms with van der Waals surface area (Å²) in [5.74, 6) is -3.41. The second kappa shape index (κ2) is 12.3. The second-order valence-corrected chi connectivity index (χ2v) is 11.5. The van der Waals surface area contributed by atoms with E-state index < -0.39 is 70.3 Å². The van der Waals surface area contributed by atoms with E-state index in [-0.39, 0.29) is 44.9 Å². The first-order valence-corrected chi connectivity index (χ1v) is 13.8. The lowest BCUT2D eigenvalue weighted by molar-refractivity contribution is -0.200. The lowest BCUT2D eigenvalue weighted by Crippen LogP contribution is -2.44. The van der Waals surface area contributed by atoms with Crippen LogP contribution in [0.3, 0.4) is 0 Å². The van der Waals surface area contributed by atoms with E-state index in [4.69, 9.17) is 9.84 Å². The molecular weight excluding hydrogens is 543 g/mol. The molecule has 0 bridgehead atoms. The predicted molar refractivity (Wildman–Crippen MR) is 124 cm³/mol. The topological polar surface area (TPSA) is 117 Å². The van der Waals surface area contributed by atoms with Crippen molar-refractivity contribution in [3.05, 3.63) is 29.3 Å². The van der Waals surface area contributed by atoms with Crippen molar-refractivity contribution in [1.29, 1.82) is 0 Å². The van der Waals surface area contributed by atoms with E-state index in [0.29, 0.717) is 18.4 Å². The number of sulfonamides is 1. The van der Waals surface area contributed by atoms with E-state index in [2.05, 4.69) is 4.74 Å². The third-order valence-corrected chi connectivity index (χ3v) is 8.63. The van der Waals surface area contributed by atoms with Gasteiger partial charge in [-0.1, -0.05) is 0 Å². The normalized spacial score (nSPS) is 20.3. The van der Waals surface area contributed by atoms with Crippen molar-refractivity contribution in [3.8, 4) is 5.75 Å². The zero-order valence-corrected chi connectivity index (χ0v) is 21.5. The third kappa shape index (κ3) is 7.67. The van der Waals surface area contributed by atoms with Gasteiger partial charge in [-0.25, -0.2) is 26.3 Å². The quantitative estimate of drug-likeness (QED) is 0.459. The van der Waals surface area contributed by atoms with Gasteiger partial charge in [-0.05, 0) is 43.4 Å². The average Bonchev–Trinajstić information content (AvgIpc) is 2.85. The molecule has 2 fully saturated rings. The molecule has 2 aliphatic heterocycles. The summed E-state index contributed by atoms with van der Waals surface area (Å²) >= 11 is 0. The zero-order valence-electron chi connectivity index (χ0n) is 20.7. The standard InChI is InChI=1S/C23H31F5N2O7S/c1-14(23(26,27)28)36-22(33)29-6-4-18(5-7-29)37-21-19(24)10-16(11-20(21)25)15-2-8-30(9-3-15)38(34,35)13-17(32)12-31/h10-11,14-15,17-18,31-32H,2-9,12-13H2,1H3. The summed E-state index contributed by atoms with van der Waals surface area (Å²) in [6.07, 6.45) is -9.27. The summed E-state index contributed by atoms with van der Waals surface area (Å²) in [5, 5.41) is 18.3. The van der Waals surface area contributed by atoms with E-state index in [9.17, 15) is 40.3 Å². The van der Waals surface area contributed by atoms with E-state index in [0.717, 1.165) is 24.0 Å². The van der Waals surface area contributed by atoms with Gasteiger partial charge in [0.05, 0.1) is 18.5 Å². The molecule has 0 aliphatic carbocycles. The second-order valence-electron chi connectivity index (χ2n) is 9.47. The van der Waals surface area contributed by atoms with Crippen LogP contribution in [0.15, 0.2) is 12.1 Å². The van der Waals surface area contributed by atoms with E-state index in [1.54, 1.807) is 0 Å². The monoisotopic (exact) mass is 574 g/mol. The number of rotatable bonds is 8. The van der Waals surface area contributed by atoms with Gasteiger partial charge >= 0.3 is 12.3 Å². The number of amides is 1. The van der Waals surface area contributed by atoms with Crippen LogP contribution in [-0.4, -0.2) is 97.0 Å². The summed E-state index contributed by atoms with van der Waals surface area (Å²) in [5.41, 5.74) is 0.344. The minimum absolute atomic E-state index is 0.00773. The van der Waals surface area contributed by atoms with Crippen molar-refractivity contribution in [1.82, 2.24) is 9.21 Å². The number of alkyl halides is 3. The number of hydrogen-bond acceptors (Lipinski definition) is 7. The van der Waals surface area contributed by atoms with Crippen LogP contribution >= 0.6 is 0 Å². The molecule has 0 spiro atoms. The highest BCUT2D eigenvalue weighted by Gasteiger charge is 2.40. The van der Waals surface area contributed by atoms with Gasteiger partial charge in [-0.15, -0.1) is 0 Å². The molecule has 1 aromatic carbocycles. The maximum atomic E-state index is 14.8. The van der Waals surface area contributed by atoms with Crippen LogP contribution < -0.4 is 4.74 Å². The molecule has 2 N–H and O–H groups in total. The molecule has 1 aromatic rings. The number of piperidine rings is 2. The number of nitrogens with zero attached hydrogens (tertiary/aromatic N) is 2. The highest BCUT2D eigenvalue weighted by Crippen LogP contribution is 2.34. The Balaban J connectivity index is 1.54. The Bertz CT molecular complexity index is 1050. The molecule has 0 radical (unpaired) electrons. The van der Waals surface area contributed by atoms with Crippen LogP contribution in [0, 0.1) is 11.6 Å². The predicted octanol–water partition coefficient (Wildman–Crippen LogP) is 2.76. The van der Waals surface area contributed by atoms with Crippen LogP contribution in [0.5, 0.6) is 5.75 Å². The Hall–Kier alpha value is -2.23. The minimum Gasteiger partial charge on any atom is -0.484 e. The summed E-state index contributed by atoms with van der Waals surface area (Å²) in [6, 6.07) is 2.27. The maximum Gasteiger partial charge on any atom is 0.425 e. The average molecular weight is 575 g/mol. The highest BCUT2D eigenvalue weighted by atomic mass is 32.2. The molecule has 2 aliphatic rings. The van der Waals surface area contributed by atoms with Crippen LogP contribution in [0.2, 0.25) is 0 Å². The van der Waals surface area contributed by atoms with E-state index in [1.165, 1.54) is 4.31 Å². The molecule has 216 valence electrons. The Morgan fingerprint density at radius 1 is 1.08 bits per heavy atom. The fraction of sp³-hybridized carbons (Fsp3) is 0.696. The molecule has 9 nitrogen and oxygen atoms in total. The molecule has 1 amide bonds. The molecule has 0 aromatic heterocycles. The van der Waals surface area contributed by atoms with Crippen molar-refractivity contribution in [2.75, 3.05) is 38.5 Å². The van der Waals surface area contributed by atoms with Crippen molar-refractivity contribution in [2.24, 2.45) is 0 Å². The Kier molecular flexibility index (Phi) is 9.81. The first-order chi connectivity index (χ1) is 17.7. The Morgan fingerprint density at radius 2 is 1.63 bits per heavy atom. The van der Waals surface area contributed by atoms with Gasteiger partial charge in [-0.2, -0.15) is 13.2 Å². The van der Waals surface area contributed by atoms with Gasteiger partial charge in [0.15, 0.2) is 23.5 Å².